The highest BCUT2D eigenvalue weighted by atomic mass is 32.2. The van der Waals surface area contributed by atoms with Gasteiger partial charge in [-0.15, -0.1) is 0 Å². The summed E-state index contributed by atoms with van der Waals surface area (Å²) < 4.78 is 24.4. The summed E-state index contributed by atoms with van der Waals surface area (Å²) in [5.41, 5.74) is -0.751. The van der Waals surface area contributed by atoms with Crippen molar-refractivity contribution in [2.45, 2.75) is 11.4 Å². The van der Waals surface area contributed by atoms with E-state index < -0.39 is 21.3 Å². The largest absolute Gasteiger partial charge is 0.366 e. The maximum Gasteiger partial charge on any atom is 0.332 e. The quantitative estimate of drug-likeness (QED) is 0.741. The summed E-state index contributed by atoms with van der Waals surface area (Å²) in [6.45, 7) is 0.181. The minimum Gasteiger partial charge on any atom is -0.366 e. The molecule has 1 heterocycles. The number of hydrogen-bond donors (Lipinski definition) is 2. The molecule has 0 atom stereocenters. The Morgan fingerprint density at radius 1 is 1.17 bits per heavy atom. The first-order valence-electron chi connectivity index (χ1n) is 6.72. The number of anilines is 1. The Morgan fingerprint density at radius 3 is 2.25 bits per heavy atom. The number of nitrogens with two attached hydrogens (primary N) is 1. The van der Waals surface area contributed by atoms with Gasteiger partial charge in [-0.3, -0.25) is 13.9 Å². The van der Waals surface area contributed by atoms with Gasteiger partial charge in [0.1, 0.15) is 11.9 Å². The van der Waals surface area contributed by atoms with Crippen LogP contribution >= 0.6 is 0 Å². The SMILES string of the molecule is Cn1c(NCc2ccc(S(N)(=O)=O)cc2)c(C#N)c(=O)n(C)c1=O. The fourth-order valence-electron chi connectivity index (χ4n) is 2.13. The van der Waals surface area contributed by atoms with E-state index in [0.29, 0.717) is 5.56 Å². The number of nitrogens with one attached hydrogen (secondary N) is 1. The number of rotatable bonds is 4. The Kier molecular flexibility index (Phi) is 4.59. The molecule has 0 saturated carbocycles. The molecule has 3 N–H and O–H groups in total. The fraction of sp³-hybridized carbons (Fsp3) is 0.214. The van der Waals surface area contributed by atoms with Crippen molar-refractivity contribution in [1.82, 2.24) is 9.13 Å². The molecule has 24 heavy (non-hydrogen) atoms. The van der Waals surface area contributed by atoms with Crippen LogP contribution < -0.4 is 21.7 Å². The summed E-state index contributed by atoms with van der Waals surface area (Å²) in [5.74, 6) is 0.0983. The van der Waals surface area contributed by atoms with Crippen LogP contribution in [0.3, 0.4) is 0 Å². The second-order valence-electron chi connectivity index (χ2n) is 5.08. The van der Waals surface area contributed by atoms with Crippen LogP contribution in [0, 0.1) is 11.3 Å². The van der Waals surface area contributed by atoms with Crippen LogP contribution in [0.2, 0.25) is 0 Å². The van der Waals surface area contributed by atoms with E-state index in [2.05, 4.69) is 5.32 Å². The lowest BCUT2D eigenvalue weighted by Gasteiger charge is -2.13. The number of nitrogens with zero attached hydrogens (tertiary/aromatic N) is 3. The first kappa shape index (κ1) is 17.5. The lowest BCUT2D eigenvalue weighted by Crippen LogP contribution is -2.39. The first-order chi connectivity index (χ1) is 11.2. The monoisotopic (exact) mass is 349 g/mol. The molecule has 2 rings (SSSR count). The predicted octanol–water partition coefficient (Wildman–Crippen LogP) is -0.785. The molecule has 9 nitrogen and oxygen atoms in total. The topological polar surface area (TPSA) is 140 Å². The second-order valence-corrected chi connectivity index (χ2v) is 6.65. The molecule has 0 bridgehead atoms. The molecular formula is C14H15N5O4S. The predicted molar refractivity (Wildman–Crippen MR) is 86.8 cm³/mol. The minimum absolute atomic E-state index is 0.0232. The van der Waals surface area contributed by atoms with Gasteiger partial charge in [0.15, 0.2) is 5.56 Å². The van der Waals surface area contributed by atoms with Gasteiger partial charge >= 0.3 is 5.69 Å². The van der Waals surface area contributed by atoms with Crippen molar-refractivity contribution in [3.05, 3.63) is 56.2 Å². The molecule has 0 amide bonds. The molecule has 0 aliphatic heterocycles. The lowest BCUT2D eigenvalue weighted by atomic mass is 10.2. The zero-order valence-corrected chi connectivity index (χ0v) is 13.8. The number of aromatic nitrogens is 2. The Balaban J connectivity index is 2.35. The van der Waals surface area contributed by atoms with Crippen molar-refractivity contribution in [1.29, 1.82) is 5.26 Å². The number of nitriles is 1. The second kappa shape index (κ2) is 6.31. The van der Waals surface area contributed by atoms with Crippen LogP contribution in [0.15, 0.2) is 38.8 Å². The first-order valence-corrected chi connectivity index (χ1v) is 8.27. The molecule has 1 aromatic heterocycles. The molecule has 10 heteroatoms. The molecule has 126 valence electrons. The van der Waals surface area contributed by atoms with Crippen molar-refractivity contribution in [2.75, 3.05) is 5.32 Å². The maximum atomic E-state index is 12.0. The third kappa shape index (κ3) is 3.22. The van der Waals surface area contributed by atoms with Gasteiger partial charge in [-0.1, -0.05) is 12.1 Å². The highest BCUT2D eigenvalue weighted by Crippen LogP contribution is 2.12. The molecule has 0 aliphatic carbocycles. The Hall–Kier alpha value is -2.90. The maximum absolute atomic E-state index is 12.0. The average Bonchev–Trinajstić information content (AvgIpc) is 2.54. The summed E-state index contributed by atoms with van der Waals surface area (Å²) in [6, 6.07) is 7.56. The van der Waals surface area contributed by atoms with E-state index in [4.69, 9.17) is 10.4 Å². The van der Waals surface area contributed by atoms with E-state index in [1.54, 1.807) is 6.07 Å². The molecular weight excluding hydrogens is 334 g/mol. The van der Waals surface area contributed by atoms with Crippen LogP contribution in [-0.4, -0.2) is 17.6 Å². The molecule has 1 aromatic carbocycles. The van der Waals surface area contributed by atoms with Gasteiger partial charge < -0.3 is 5.32 Å². The molecule has 0 fully saturated rings. The average molecular weight is 349 g/mol. The molecule has 0 spiro atoms. The smallest absolute Gasteiger partial charge is 0.332 e. The van der Waals surface area contributed by atoms with Crippen molar-refractivity contribution in [3.63, 3.8) is 0 Å². The van der Waals surface area contributed by atoms with Crippen LogP contribution in [0.5, 0.6) is 0 Å². The number of primary sulfonamides is 1. The van der Waals surface area contributed by atoms with Crippen molar-refractivity contribution < 1.29 is 8.42 Å². The summed E-state index contributed by atoms with van der Waals surface area (Å²) >= 11 is 0. The highest BCUT2D eigenvalue weighted by molar-refractivity contribution is 7.89. The van der Waals surface area contributed by atoms with E-state index in [-0.39, 0.29) is 22.8 Å². The Morgan fingerprint density at radius 2 is 1.75 bits per heavy atom. The van der Waals surface area contributed by atoms with Gasteiger partial charge in [0.2, 0.25) is 10.0 Å². The lowest BCUT2D eigenvalue weighted by molar-refractivity contribution is 0.598. The highest BCUT2D eigenvalue weighted by Gasteiger charge is 2.15. The summed E-state index contributed by atoms with van der Waals surface area (Å²) in [5, 5.41) is 17.0. The van der Waals surface area contributed by atoms with Gasteiger partial charge in [0.25, 0.3) is 5.56 Å². The number of benzene rings is 1. The molecule has 0 aliphatic rings. The Labute approximate surface area is 137 Å². The van der Waals surface area contributed by atoms with Crippen LogP contribution in [0.1, 0.15) is 11.1 Å². The van der Waals surface area contributed by atoms with Crippen molar-refractivity contribution in [2.24, 2.45) is 19.2 Å². The van der Waals surface area contributed by atoms with Crippen molar-refractivity contribution in [3.8, 4) is 6.07 Å². The summed E-state index contributed by atoms with van der Waals surface area (Å²) in [7, 11) is -1.04. The van der Waals surface area contributed by atoms with Gasteiger partial charge in [-0.05, 0) is 17.7 Å². The molecule has 2 aromatic rings. The van der Waals surface area contributed by atoms with Crippen LogP contribution in [0.4, 0.5) is 5.82 Å². The normalized spacial score (nSPS) is 11.1. The van der Waals surface area contributed by atoms with E-state index in [1.807, 2.05) is 0 Å². The zero-order valence-electron chi connectivity index (χ0n) is 13.0. The van der Waals surface area contributed by atoms with E-state index in [1.165, 1.54) is 42.9 Å². The van der Waals surface area contributed by atoms with E-state index in [0.717, 1.165) is 4.57 Å². The Bertz CT molecular complexity index is 1040. The van der Waals surface area contributed by atoms with E-state index >= 15 is 0 Å². The molecule has 0 radical (unpaired) electrons. The third-order valence-corrected chi connectivity index (χ3v) is 4.42. The van der Waals surface area contributed by atoms with Crippen LogP contribution in [-0.2, 0) is 30.7 Å². The fourth-order valence-corrected chi connectivity index (χ4v) is 2.65. The van der Waals surface area contributed by atoms with Crippen molar-refractivity contribution >= 4 is 15.8 Å². The third-order valence-electron chi connectivity index (χ3n) is 3.49. The minimum atomic E-state index is -3.77. The van der Waals surface area contributed by atoms with Gasteiger partial charge in [-0.25, -0.2) is 18.4 Å². The van der Waals surface area contributed by atoms with E-state index in [9.17, 15) is 18.0 Å². The standard InChI is InChI=1S/C14H15N5O4S/c1-18-12(11(7-15)13(20)19(2)14(18)21)17-8-9-3-5-10(6-4-9)24(16,22)23/h3-6,17H,8H2,1-2H3,(H2,16,22,23). The molecule has 0 saturated heterocycles. The zero-order chi connectivity index (χ0) is 18.1. The van der Waals surface area contributed by atoms with Gasteiger partial charge in [0, 0.05) is 20.6 Å². The summed E-state index contributed by atoms with van der Waals surface area (Å²) in [6.07, 6.45) is 0. The summed E-state index contributed by atoms with van der Waals surface area (Å²) in [4.78, 5) is 23.9. The number of hydrogen-bond acceptors (Lipinski definition) is 6. The van der Waals surface area contributed by atoms with Gasteiger partial charge in [0.05, 0.1) is 4.90 Å². The van der Waals surface area contributed by atoms with Gasteiger partial charge in [-0.2, -0.15) is 5.26 Å². The van der Waals surface area contributed by atoms with Crippen LogP contribution in [0.25, 0.3) is 0 Å². The molecule has 0 unspecified atom stereocenters. The number of sulfonamides is 1.